The molecule has 178 valence electrons. The van der Waals surface area contributed by atoms with Gasteiger partial charge in [0.2, 0.25) is 0 Å². The van der Waals surface area contributed by atoms with Crippen molar-refractivity contribution in [3.05, 3.63) is 41.2 Å². The maximum Gasteiger partial charge on any atom is 0.260 e. The molecule has 0 aliphatic carbocycles. The summed E-state index contributed by atoms with van der Waals surface area (Å²) in [6.07, 6.45) is 2.84. The largest absolute Gasteiger partial charge is 0.472 e. The first-order valence-corrected chi connectivity index (χ1v) is 13.3. The summed E-state index contributed by atoms with van der Waals surface area (Å²) < 4.78 is 30.9. The van der Waals surface area contributed by atoms with Crippen LogP contribution in [-0.2, 0) is 29.3 Å². The second kappa shape index (κ2) is 9.64. The molecule has 4 rings (SSSR count). The van der Waals surface area contributed by atoms with Crippen molar-refractivity contribution in [2.45, 2.75) is 65.3 Å². The summed E-state index contributed by atoms with van der Waals surface area (Å²) in [6, 6.07) is 8.32. The van der Waals surface area contributed by atoms with Gasteiger partial charge in [-0.15, -0.1) is 10.2 Å². The molecule has 1 aliphatic heterocycles. The summed E-state index contributed by atoms with van der Waals surface area (Å²) in [4.78, 5) is 4.81. The fourth-order valence-corrected chi connectivity index (χ4v) is 5.42. The van der Waals surface area contributed by atoms with E-state index in [1.54, 1.807) is 0 Å². The van der Waals surface area contributed by atoms with Crippen LogP contribution in [-0.4, -0.2) is 51.8 Å². The summed E-state index contributed by atoms with van der Waals surface area (Å²) in [5.74, 6) is 2.11. The zero-order chi connectivity index (χ0) is 23.6. The van der Waals surface area contributed by atoms with Gasteiger partial charge in [0.15, 0.2) is 15.7 Å². The molecule has 0 saturated carbocycles. The highest BCUT2D eigenvalue weighted by Crippen LogP contribution is 2.29. The van der Waals surface area contributed by atoms with E-state index < -0.39 is 9.84 Å². The van der Waals surface area contributed by atoms with Crippen molar-refractivity contribution in [2.24, 2.45) is 0 Å². The quantitative estimate of drug-likeness (QED) is 0.461. The number of ether oxygens (including phenoxy) is 1. The fourth-order valence-electron chi connectivity index (χ4n) is 4.05. The predicted molar refractivity (Wildman–Crippen MR) is 129 cm³/mol. The topological polar surface area (TPSA) is 125 Å². The van der Waals surface area contributed by atoms with Crippen LogP contribution in [0.15, 0.2) is 24.3 Å². The number of sulfone groups is 1. The molecular formula is C23H32N6O3S. The molecular weight excluding hydrogens is 440 g/mol. The molecule has 0 amide bonds. The van der Waals surface area contributed by atoms with Crippen LogP contribution in [0.4, 0.5) is 5.82 Å². The van der Waals surface area contributed by atoms with E-state index in [1.807, 2.05) is 26.0 Å². The van der Waals surface area contributed by atoms with Crippen LogP contribution in [0.1, 0.15) is 50.6 Å². The van der Waals surface area contributed by atoms with Gasteiger partial charge in [0.1, 0.15) is 16.9 Å². The van der Waals surface area contributed by atoms with Gasteiger partial charge in [-0.1, -0.05) is 37.6 Å². The summed E-state index contributed by atoms with van der Waals surface area (Å²) >= 11 is 0. The summed E-state index contributed by atoms with van der Waals surface area (Å²) in [5.41, 5.74) is 9.74. The molecule has 1 aliphatic rings. The zero-order valence-corrected chi connectivity index (χ0v) is 20.2. The number of rotatable bonds is 10. The lowest BCUT2D eigenvalue weighted by Gasteiger charge is -2.26. The van der Waals surface area contributed by atoms with Crippen LogP contribution in [0, 0.1) is 0 Å². The van der Waals surface area contributed by atoms with Gasteiger partial charge < -0.3 is 20.4 Å². The van der Waals surface area contributed by atoms with E-state index in [4.69, 9.17) is 15.5 Å². The Hall–Kier alpha value is -2.72. The molecule has 33 heavy (non-hydrogen) atoms. The molecule has 0 radical (unpaired) electrons. The average Bonchev–Trinajstić information content (AvgIpc) is 3.10. The van der Waals surface area contributed by atoms with E-state index in [1.165, 1.54) is 0 Å². The van der Waals surface area contributed by atoms with Crippen molar-refractivity contribution in [1.29, 1.82) is 0 Å². The normalized spacial score (nSPS) is 15.8. The van der Waals surface area contributed by atoms with Crippen molar-refractivity contribution >= 4 is 26.7 Å². The van der Waals surface area contributed by atoms with Crippen molar-refractivity contribution in [3.8, 4) is 5.88 Å². The number of nitrogen functional groups attached to an aromatic ring is 1. The van der Waals surface area contributed by atoms with Gasteiger partial charge in [0, 0.05) is 25.6 Å². The minimum Gasteiger partial charge on any atom is -0.472 e. The van der Waals surface area contributed by atoms with Crippen LogP contribution in [0.25, 0.3) is 11.0 Å². The van der Waals surface area contributed by atoms with Crippen molar-refractivity contribution in [3.63, 3.8) is 0 Å². The van der Waals surface area contributed by atoms with Crippen LogP contribution in [0.5, 0.6) is 5.88 Å². The molecule has 0 bridgehead atoms. The first kappa shape index (κ1) is 23.4. The highest BCUT2D eigenvalue weighted by molar-refractivity contribution is 7.92. The molecule has 1 fully saturated rings. The van der Waals surface area contributed by atoms with E-state index in [2.05, 4.69) is 39.1 Å². The van der Waals surface area contributed by atoms with E-state index in [9.17, 15) is 8.42 Å². The van der Waals surface area contributed by atoms with Crippen molar-refractivity contribution in [2.75, 3.05) is 17.2 Å². The third-order valence-electron chi connectivity index (χ3n) is 5.68. The minimum absolute atomic E-state index is 0.0363. The van der Waals surface area contributed by atoms with E-state index >= 15 is 0 Å². The summed E-state index contributed by atoms with van der Waals surface area (Å²) in [7, 11) is -2.83. The second-order valence-electron chi connectivity index (χ2n) is 8.95. The molecule has 0 spiro atoms. The number of fused-ring (bicyclic) bond motifs is 1. The van der Waals surface area contributed by atoms with E-state index in [0.717, 1.165) is 41.7 Å². The number of anilines is 1. The van der Waals surface area contributed by atoms with Crippen LogP contribution >= 0.6 is 0 Å². The molecule has 9 nitrogen and oxygen atoms in total. The molecule has 0 unspecified atom stereocenters. The van der Waals surface area contributed by atoms with E-state index in [0.29, 0.717) is 30.3 Å². The molecule has 0 atom stereocenters. The van der Waals surface area contributed by atoms with Gasteiger partial charge in [-0.05, 0) is 31.4 Å². The minimum atomic E-state index is -2.83. The Morgan fingerprint density at radius 3 is 2.70 bits per heavy atom. The number of imidazole rings is 1. The molecule has 3 heterocycles. The second-order valence-corrected chi connectivity index (χ2v) is 11.1. The van der Waals surface area contributed by atoms with Gasteiger partial charge >= 0.3 is 0 Å². The van der Waals surface area contributed by atoms with Gasteiger partial charge in [-0.25, -0.2) is 13.4 Å². The highest BCUT2D eigenvalue weighted by atomic mass is 32.2. The molecule has 10 heteroatoms. The first-order chi connectivity index (χ1) is 15.8. The summed E-state index contributed by atoms with van der Waals surface area (Å²) in [6.45, 7) is 7.28. The van der Waals surface area contributed by atoms with Gasteiger partial charge in [0.05, 0.1) is 17.6 Å². The number of aromatic nitrogens is 4. The van der Waals surface area contributed by atoms with Gasteiger partial charge in [-0.3, -0.25) is 0 Å². The van der Waals surface area contributed by atoms with Crippen LogP contribution in [0.2, 0.25) is 0 Å². The molecule has 1 aromatic carbocycles. The van der Waals surface area contributed by atoms with Crippen molar-refractivity contribution in [1.82, 2.24) is 25.1 Å². The van der Waals surface area contributed by atoms with Gasteiger partial charge in [-0.2, -0.15) is 0 Å². The maximum absolute atomic E-state index is 11.4. The Kier molecular flexibility index (Phi) is 6.85. The Labute approximate surface area is 194 Å². The Morgan fingerprint density at radius 2 is 2.00 bits per heavy atom. The average molecular weight is 473 g/mol. The van der Waals surface area contributed by atoms with Gasteiger partial charge in [0.25, 0.3) is 5.88 Å². The standard InChI is InChI=1S/C23H32N6O3S/c1-4-5-9-19-26-20-21(23(32-15(2)3)28-27-22(20)24)29(19)12-17-8-6-7-16(10-17)11-25-18-13-33(30,31)14-18/h6-8,10,15,18,25H,4-5,9,11-14H2,1-3H3,(H2,24,27). The SMILES string of the molecule is CCCCc1nc2c(N)nnc(OC(C)C)c2n1Cc1cccc(CNC2CS(=O)(=O)C2)c1. The number of benzene rings is 1. The third kappa shape index (κ3) is 5.44. The van der Waals surface area contributed by atoms with E-state index in [-0.39, 0.29) is 23.7 Å². The number of hydrogen-bond donors (Lipinski definition) is 2. The van der Waals surface area contributed by atoms with Crippen LogP contribution < -0.4 is 15.8 Å². The fraction of sp³-hybridized carbons (Fsp3) is 0.522. The van der Waals surface area contributed by atoms with Crippen LogP contribution in [0.3, 0.4) is 0 Å². The predicted octanol–water partition coefficient (Wildman–Crippen LogP) is 2.47. The number of nitrogens with one attached hydrogen (secondary N) is 1. The number of nitrogens with two attached hydrogens (primary N) is 1. The molecule has 3 N–H and O–H groups in total. The molecule has 3 aromatic rings. The smallest absolute Gasteiger partial charge is 0.260 e. The molecule has 2 aromatic heterocycles. The lowest BCUT2D eigenvalue weighted by molar-refractivity contribution is 0.232. The lowest BCUT2D eigenvalue weighted by atomic mass is 10.1. The highest BCUT2D eigenvalue weighted by Gasteiger charge is 2.32. The Bertz CT molecular complexity index is 1230. The molecule has 1 saturated heterocycles. The Morgan fingerprint density at radius 1 is 1.24 bits per heavy atom. The third-order valence-corrected chi connectivity index (χ3v) is 7.50. The first-order valence-electron chi connectivity index (χ1n) is 11.4. The summed E-state index contributed by atoms with van der Waals surface area (Å²) in [5, 5.41) is 11.6. The number of aryl methyl sites for hydroxylation is 1. The number of hydrogen-bond acceptors (Lipinski definition) is 8. The number of unbranched alkanes of at least 4 members (excludes halogenated alkanes) is 1. The number of nitrogens with zero attached hydrogens (tertiary/aromatic N) is 4. The Balaban J connectivity index is 1.63. The lowest BCUT2D eigenvalue weighted by Crippen LogP contribution is -2.50. The zero-order valence-electron chi connectivity index (χ0n) is 19.4. The van der Waals surface area contributed by atoms with Crippen molar-refractivity contribution < 1.29 is 13.2 Å². The maximum atomic E-state index is 11.4. The monoisotopic (exact) mass is 472 g/mol.